The van der Waals surface area contributed by atoms with Crippen molar-refractivity contribution in [3.05, 3.63) is 27.7 Å². The Morgan fingerprint density at radius 2 is 1.74 bits per heavy atom. The van der Waals surface area contributed by atoms with Crippen LogP contribution in [0.15, 0.2) is 12.1 Å². The minimum Gasteiger partial charge on any atom is -0.379 e. The Bertz CT molecular complexity index is 568. The molecule has 0 spiro atoms. The predicted octanol–water partition coefficient (Wildman–Crippen LogP) is 4.02. The van der Waals surface area contributed by atoms with Crippen molar-refractivity contribution in [3.63, 3.8) is 0 Å². The van der Waals surface area contributed by atoms with E-state index in [9.17, 15) is 4.79 Å². The number of hydrogen-bond acceptors (Lipinski definition) is 4. The molecule has 1 unspecified atom stereocenters. The highest BCUT2D eigenvalue weighted by atomic mass is 35.5. The van der Waals surface area contributed by atoms with E-state index in [4.69, 9.17) is 39.5 Å². The molecule has 0 N–H and O–H groups in total. The van der Waals surface area contributed by atoms with Crippen molar-refractivity contribution in [1.29, 1.82) is 0 Å². The Kier molecular flexibility index (Phi) is 5.70. The molecular weight excluding hydrogens is 359 g/mol. The molecule has 7 heteroatoms. The molecule has 0 amide bonds. The average molecular weight is 378 g/mol. The average Bonchev–Trinajstić information content (AvgIpc) is 2.54. The Hall–Kier alpha value is -0.520. The van der Waals surface area contributed by atoms with Crippen LogP contribution in [0.2, 0.25) is 10.0 Å². The molecule has 23 heavy (non-hydrogen) atoms. The second-order valence-corrected chi connectivity index (χ2v) is 7.03. The molecule has 0 bridgehead atoms. The molecule has 0 aromatic heterocycles. The quantitative estimate of drug-likeness (QED) is 0.745. The molecule has 1 atom stereocenters. The minimum absolute atomic E-state index is 0.179. The molecule has 126 valence electrons. The minimum atomic E-state index is -0.630. The second kappa shape index (κ2) is 7.58. The first-order valence-corrected chi connectivity index (χ1v) is 8.98. The van der Waals surface area contributed by atoms with Gasteiger partial charge >= 0.3 is 0 Å². The fourth-order valence-corrected chi connectivity index (χ4v) is 4.33. The van der Waals surface area contributed by atoms with E-state index in [2.05, 4.69) is 9.80 Å². The number of halogens is 3. The van der Waals surface area contributed by atoms with Gasteiger partial charge in [0.1, 0.15) is 0 Å². The third-order valence-corrected chi connectivity index (χ3v) is 5.28. The number of hydrogen-bond donors (Lipinski definition) is 0. The molecule has 2 aliphatic rings. The van der Waals surface area contributed by atoms with Crippen LogP contribution in [0.4, 0.5) is 5.69 Å². The summed E-state index contributed by atoms with van der Waals surface area (Å²) in [7, 11) is 0. The van der Waals surface area contributed by atoms with Crippen LogP contribution in [-0.4, -0.2) is 49.2 Å². The Morgan fingerprint density at radius 1 is 1.09 bits per heavy atom. The summed E-state index contributed by atoms with van der Waals surface area (Å²) in [5.74, 6) is 0. The number of anilines is 1. The number of nitrogens with zero attached hydrogens (tertiary/aromatic N) is 2. The standard InChI is InChI=1S/C16H19Cl3N2O2/c17-12-9-11(10-13(18)15(12)16(19)22)21-4-2-1-3-14(21)20-5-7-23-8-6-20/h9-10,14H,1-8H2. The maximum atomic E-state index is 11.4. The molecule has 0 saturated carbocycles. The van der Waals surface area contributed by atoms with Crippen LogP contribution in [0.3, 0.4) is 0 Å². The third kappa shape index (κ3) is 3.77. The van der Waals surface area contributed by atoms with Gasteiger partial charge in [-0.05, 0) is 43.0 Å². The first kappa shape index (κ1) is 17.3. The van der Waals surface area contributed by atoms with E-state index in [0.29, 0.717) is 16.2 Å². The first-order chi connectivity index (χ1) is 11.1. The van der Waals surface area contributed by atoms with E-state index >= 15 is 0 Å². The van der Waals surface area contributed by atoms with E-state index in [-0.39, 0.29) is 5.56 Å². The maximum Gasteiger partial charge on any atom is 0.255 e. The lowest BCUT2D eigenvalue weighted by molar-refractivity contribution is 0.0107. The van der Waals surface area contributed by atoms with Crippen LogP contribution < -0.4 is 4.90 Å². The molecule has 1 aromatic rings. The molecule has 0 radical (unpaired) electrons. The lowest BCUT2D eigenvalue weighted by Gasteiger charge is -2.45. The summed E-state index contributed by atoms with van der Waals surface area (Å²) in [5, 5.41) is -0.0208. The van der Waals surface area contributed by atoms with Gasteiger partial charge in [-0.1, -0.05) is 23.2 Å². The van der Waals surface area contributed by atoms with E-state index in [1.54, 1.807) is 12.1 Å². The largest absolute Gasteiger partial charge is 0.379 e. The van der Waals surface area contributed by atoms with Crippen molar-refractivity contribution in [2.75, 3.05) is 37.7 Å². The van der Waals surface area contributed by atoms with Crippen molar-refractivity contribution in [2.45, 2.75) is 25.4 Å². The summed E-state index contributed by atoms with van der Waals surface area (Å²) >= 11 is 18.0. The van der Waals surface area contributed by atoms with Crippen LogP contribution in [-0.2, 0) is 4.74 Å². The Balaban J connectivity index is 1.89. The molecule has 1 aromatic carbocycles. The maximum absolute atomic E-state index is 11.4. The Morgan fingerprint density at radius 3 is 2.35 bits per heavy atom. The summed E-state index contributed by atoms with van der Waals surface area (Å²) in [5.41, 5.74) is 1.12. The highest BCUT2D eigenvalue weighted by molar-refractivity contribution is 6.70. The smallest absolute Gasteiger partial charge is 0.255 e. The van der Waals surface area contributed by atoms with Gasteiger partial charge in [-0.2, -0.15) is 0 Å². The summed E-state index contributed by atoms with van der Waals surface area (Å²) in [6.07, 6.45) is 3.76. The molecule has 2 aliphatic heterocycles. The highest BCUT2D eigenvalue weighted by Crippen LogP contribution is 2.35. The van der Waals surface area contributed by atoms with Gasteiger partial charge in [-0.15, -0.1) is 0 Å². The topological polar surface area (TPSA) is 32.8 Å². The van der Waals surface area contributed by atoms with Gasteiger partial charge in [-0.25, -0.2) is 0 Å². The Labute approximate surface area is 151 Å². The number of benzene rings is 1. The van der Waals surface area contributed by atoms with Gasteiger partial charge in [0.2, 0.25) is 0 Å². The monoisotopic (exact) mass is 376 g/mol. The number of carbonyl (C=O) groups excluding carboxylic acids is 1. The van der Waals surface area contributed by atoms with Crippen LogP contribution >= 0.6 is 34.8 Å². The molecule has 2 saturated heterocycles. The number of piperidine rings is 1. The number of morpholine rings is 1. The van der Waals surface area contributed by atoms with Gasteiger partial charge < -0.3 is 9.64 Å². The first-order valence-electron chi connectivity index (χ1n) is 7.85. The van der Waals surface area contributed by atoms with Gasteiger partial charge in [0.15, 0.2) is 0 Å². The van der Waals surface area contributed by atoms with Gasteiger partial charge in [0.05, 0.1) is 35.0 Å². The number of carbonyl (C=O) groups is 1. The SMILES string of the molecule is O=C(Cl)c1c(Cl)cc(N2CCCCC2N2CCOCC2)cc1Cl. The van der Waals surface area contributed by atoms with Crippen molar-refractivity contribution < 1.29 is 9.53 Å². The molecule has 2 heterocycles. The van der Waals surface area contributed by atoms with Crippen molar-refractivity contribution in [3.8, 4) is 0 Å². The van der Waals surface area contributed by atoms with Crippen LogP contribution in [0.25, 0.3) is 0 Å². The van der Waals surface area contributed by atoms with E-state index in [1.165, 1.54) is 6.42 Å². The van der Waals surface area contributed by atoms with Gasteiger partial charge in [0.25, 0.3) is 5.24 Å². The van der Waals surface area contributed by atoms with E-state index in [0.717, 1.165) is 51.4 Å². The highest BCUT2D eigenvalue weighted by Gasteiger charge is 2.30. The molecule has 2 fully saturated rings. The number of ether oxygens (including phenoxy) is 1. The van der Waals surface area contributed by atoms with Crippen LogP contribution in [0, 0.1) is 0 Å². The fourth-order valence-electron chi connectivity index (χ4n) is 3.38. The third-order valence-electron chi connectivity index (χ3n) is 4.49. The van der Waals surface area contributed by atoms with Crippen LogP contribution in [0.5, 0.6) is 0 Å². The van der Waals surface area contributed by atoms with Crippen LogP contribution in [0.1, 0.15) is 29.6 Å². The lowest BCUT2D eigenvalue weighted by atomic mass is 10.0. The summed E-state index contributed by atoms with van der Waals surface area (Å²) in [6, 6.07) is 3.59. The fraction of sp³-hybridized carbons (Fsp3) is 0.562. The van der Waals surface area contributed by atoms with Crippen molar-refractivity contribution in [2.24, 2.45) is 0 Å². The summed E-state index contributed by atoms with van der Waals surface area (Å²) in [6.45, 7) is 4.35. The molecule has 3 rings (SSSR count). The summed E-state index contributed by atoms with van der Waals surface area (Å²) in [4.78, 5) is 16.2. The zero-order chi connectivity index (χ0) is 16.4. The van der Waals surface area contributed by atoms with E-state index < -0.39 is 5.24 Å². The predicted molar refractivity (Wildman–Crippen MR) is 94.0 cm³/mol. The molecule has 0 aliphatic carbocycles. The second-order valence-electron chi connectivity index (χ2n) is 5.88. The summed E-state index contributed by atoms with van der Waals surface area (Å²) < 4.78 is 5.46. The van der Waals surface area contributed by atoms with Crippen molar-refractivity contribution in [1.82, 2.24) is 4.90 Å². The molecular formula is C16H19Cl3N2O2. The zero-order valence-electron chi connectivity index (χ0n) is 12.7. The lowest BCUT2D eigenvalue weighted by Crippen LogP contribution is -2.54. The number of rotatable bonds is 3. The zero-order valence-corrected chi connectivity index (χ0v) is 15.0. The van der Waals surface area contributed by atoms with Gasteiger partial charge in [0, 0.05) is 25.3 Å². The van der Waals surface area contributed by atoms with Gasteiger partial charge in [-0.3, -0.25) is 9.69 Å². The van der Waals surface area contributed by atoms with Crippen molar-refractivity contribution >= 4 is 45.7 Å². The molecule has 4 nitrogen and oxygen atoms in total. The van der Waals surface area contributed by atoms with E-state index in [1.807, 2.05) is 0 Å². The normalized spacial score (nSPS) is 23.1.